The number of aromatic hydroxyl groups is 1. The summed E-state index contributed by atoms with van der Waals surface area (Å²) in [6, 6.07) is 5.14. The number of nitrogens with zero attached hydrogens (tertiary/aromatic N) is 1. The molecule has 0 saturated heterocycles. The third-order valence-corrected chi connectivity index (χ3v) is 2.98. The van der Waals surface area contributed by atoms with Crippen LogP contribution in [-0.4, -0.2) is 50.7 Å². The van der Waals surface area contributed by atoms with E-state index in [1.807, 2.05) is 6.92 Å². The van der Waals surface area contributed by atoms with Crippen molar-refractivity contribution in [2.45, 2.75) is 6.92 Å². The van der Waals surface area contributed by atoms with Crippen molar-refractivity contribution in [3.8, 4) is 16.3 Å². The van der Waals surface area contributed by atoms with Gasteiger partial charge in [-0.3, -0.25) is 0 Å². The Morgan fingerprint density at radius 2 is 2.12 bits per heavy atom. The number of carboxylic acids is 1. The number of hydrogen-bond acceptors (Lipinski definition) is 4. The molecule has 0 aliphatic heterocycles. The first kappa shape index (κ1) is 14.2. The number of carbonyl (C=O) groups is 1. The van der Waals surface area contributed by atoms with Gasteiger partial charge in [-0.1, -0.05) is 11.6 Å². The number of thiazole rings is 1. The number of benzene rings is 1. The van der Waals surface area contributed by atoms with E-state index in [0.717, 1.165) is 5.56 Å². The van der Waals surface area contributed by atoms with Crippen LogP contribution in [0.1, 0.15) is 16.1 Å². The quantitative estimate of drug-likeness (QED) is 0.808. The van der Waals surface area contributed by atoms with Gasteiger partial charge in [0.1, 0.15) is 10.8 Å². The van der Waals surface area contributed by atoms with Crippen LogP contribution in [0.2, 0.25) is 0 Å². The third kappa shape index (κ3) is 3.07. The molecule has 1 heterocycles. The van der Waals surface area contributed by atoms with E-state index >= 15 is 0 Å². The fourth-order valence-electron chi connectivity index (χ4n) is 1.32. The number of aromatic nitrogens is 1. The first-order valence-electron chi connectivity index (χ1n) is 4.57. The molecule has 0 saturated carbocycles. The monoisotopic (exact) mass is 259 g/mol. The Kier molecular flexibility index (Phi) is 4.70. The second-order valence-electron chi connectivity index (χ2n) is 3.36. The summed E-state index contributed by atoms with van der Waals surface area (Å²) in [5, 5.41) is 20.4. The van der Waals surface area contributed by atoms with Crippen molar-refractivity contribution in [2.24, 2.45) is 0 Å². The molecule has 0 unspecified atom stereocenters. The van der Waals surface area contributed by atoms with Gasteiger partial charge < -0.3 is 10.2 Å². The summed E-state index contributed by atoms with van der Waals surface area (Å²) in [6.45, 7) is 1.90. The van der Waals surface area contributed by atoms with E-state index in [0.29, 0.717) is 10.6 Å². The number of hydrogen-bond donors (Lipinski definition) is 2. The molecule has 0 radical (unpaired) electrons. The zero-order chi connectivity index (χ0) is 11.7. The minimum absolute atomic E-state index is 0. The van der Waals surface area contributed by atoms with Crippen LogP contribution in [0, 0.1) is 6.92 Å². The maximum absolute atomic E-state index is 10.7. The van der Waals surface area contributed by atoms with Crippen molar-refractivity contribution in [1.82, 2.24) is 4.98 Å². The fourth-order valence-corrected chi connectivity index (χ4v) is 2.14. The van der Waals surface area contributed by atoms with Gasteiger partial charge in [-0.25, -0.2) is 9.78 Å². The van der Waals surface area contributed by atoms with Crippen molar-refractivity contribution in [3.05, 3.63) is 34.8 Å². The fraction of sp³-hybridized carbons (Fsp3) is 0.0909. The summed E-state index contributed by atoms with van der Waals surface area (Å²) in [7, 11) is 0. The molecule has 2 rings (SSSR count). The summed E-state index contributed by atoms with van der Waals surface area (Å²) < 4.78 is 0. The second kappa shape index (κ2) is 5.64. The molecule has 1 aromatic heterocycles. The van der Waals surface area contributed by atoms with Gasteiger partial charge in [0.2, 0.25) is 0 Å². The van der Waals surface area contributed by atoms with Crippen molar-refractivity contribution >= 4 is 46.9 Å². The SMILES string of the molecule is Cc1ccc(O)c(-c2nc(C(=O)O)cs2)c1.[NaH]. The first-order valence-corrected chi connectivity index (χ1v) is 5.44. The number of aryl methyl sites for hydroxylation is 1. The van der Waals surface area contributed by atoms with Gasteiger partial charge >= 0.3 is 35.5 Å². The molecule has 0 amide bonds. The number of aromatic carboxylic acids is 1. The predicted molar refractivity (Wildman–Crippen MR) is 68.1 cm³/mol. The molecule has 0 spiro atoms. The standard InChI is InChI=1S/C11H9NO3S.Na.H/c1-6-2-3-9(13)7(4-6)10-12-8(5-16-10)11(14)15;;/h2-5,13H,1H3,(H,14,15);;. The number of rotatable bonds is 2. The summed E-state index contributed by atoms with van der Waals surface area (Å²) in [6.07, 6.45) is 0. The molecule has 1 aromatic carbocycles. The Balaban J connectivity index is 0.00000144. The van der Waals surface area contributed by atoms with E-state index in [2.05, 4.69) is 4.98 Å². The summed E-state index contributed by atoms with van der Waals surface area (Å²) >= 11 is 1.20. The average molecular weight is 259 g/mol. The van der Waals surface area contributed by atoms with Gasteiger partial charge in [0, 0.05) is 5.38 Å². The van der Waals surface area contributed by atoms with Gasteiger partial charge in [0.25, 0.3) is 0 Å². The zero-order valence-corrected chi connectivity index (χ0v) is 9.28. The Hall–Kier alpha value is -0.880. The summed E-state index contributed by atoms with van der Waals surface area (Å²) in [5.74, 6) is -0.952. The summed E-state index contributed by atoms with van der Waals surface area (Å²) in [4.78, 5) is 14.6. The first-order chi connectivity index (χ1) is 7.58. The maximum atomic E-state index is 10.7. The van der Waals surface area contributed by atoms with Crippen LogP contribution in [0.5, 0.6) is 5.75 Å². The van der Waals surface area contributed by atoms with E-state index in [-0.39, 0.29) is 41.0 Å². The average Bonchev–Trinajstić information content (AvgIpc) is 2.70. The molecule has 2 N–H and O–H groups in total. The second-order valence-corrected chi connectivity index (χ2v) is 4.22. The van der Waals surface area contributed by atoms with Crippen LogP contribution in [-0.2, 0) is 0 Å². The zero-order valence-electron chi connectivity index (χ0n) is 8.47. The molecule has 0 aliphatic carbocycles. The van der Waals surface area contributed by atoms with E-state index < -0.39 is 5.97 Å². The molecule has 2 aromatic rings. The number of phenolic OH excluding ortho intramolecular Hbond substituents is 1. The molecule has 17 heavy (non-hydrogen) atoms. The Morgan fingerprint density at radius 3 is 2.71 bits per heavy atom. The Morgan fingerprint density at radius 1 is 1.41 bits per heavy atom. The third-order valence-electron chi connectivity index (χ3n) is 2.11. The summed E-state index contributed by atoms with van der Waals surface area (Å²) in [5.41, 5.74) is 1.55. The topological polar surface area (TPSA) is 70.4 Å². The van der Waals surface area contributed by atoms with Gasteiger partial charge in [0.15, 0.2) is 5.69 Å². The van der Waals surface area contributed by atoms with Crippen LogP contribution in [0.15, 0.2) is 23.6 Å². The number of phenols is 1. The Bertz CT molecular complexity index is 553. The predicted octanol–water partition coefficient (Wildman–Crippen LogP) is 1.87. The van der Waals surface area contributed by atoms with Crippen LogP contribution in [0.3, 0.4) is 0 Å². The van der Waals surface area contributed by atoms with Gasteiger partial charge in [0.05, 0.1) is 5.56 Å². The molecule has 84 valence electrons. The van der Waals surface area contributed by atoms with Crippen molar-refractivity contribution in [2.75, 3.05) is 0 Å². The van der Waals surface area contributed by atoms with Crippen molar-refractivity contribution in [1.29, 1.82) is 0 Å². The van der Waals surface area contributed by atoms with Crippen molar-refractivity contribution < 1.29 is 15.0 Å². The molecule has 4 nitrogen and oxygen atoms in total. The van der Waals surface area contributed by atoms with Crippen LogP contribution in [0.4, 0.5) is 0 Å². The van der Waals surface area contributed by atoms with E-state index in [1.165, 1.54) is 16.7 Å². The molecule has 0 fully saturated rings. The normalized spacial score (nSPS) is 9.71. The minimum atomic E-state index is -1.06. The van der Waals surface area contributed by atoms with Gasteiger partial charge in [-0.15, -0.1) is 11.3 Å². The van der Waals surface area contributed by atoms with Crippen LogP contribution >= 0.6 is 11.3 Å². The van der Waals surface area contributed by atoms with Crippen LogP contribution < -0.4 is 0 Å². The Labute approximate surface area is 124 Å². The molecule has 0 aliphatic rings. The van der Waals surface area contributed by atoms with Gasteiger partial charge in [-0.2, -0.15) is 0 Å². The molecule has 6 heteroatoms. The number of carboxylic acid groups (broad SMARTS) is 1. The molecule has 0 atom stereocenters. The molecular weight excluding hydrogens is 249 g/mol. The van der Waals surface area contributed by atoms with Crippen molar-refractivity contribution in [3.63, 3.8) is 0 Å². The molecular formula is C11H10NNaO3S. The van der Waals surface area contributed by atoms with E-state index in [1.54, 1.807) is 18.2 Å². The molecule has 0 bridgehead atoms. The van der Waals surface area contributed by atoms with E-state index in [4.69, 9.17) is 5.11 Å². The van der Waals surface area contributed by atoms with Gasteiger partial charge in [-0.05, 0) is 19.1 Å². The van der Waals surface area contributed by atoms with Crippen LogP contribution in [0.25, 0.3) is 10.6 Å². The van der Waals surface area contributed by atoms with E-state index in [9.17, 15) is 9.90 Å².